The van der Waals surface area contributed by atoms with Crippen molar-refractivity contribution < 1.29 is 4.39 Å². The highest BCUT2D eigenvalue weighted by atomic mass is 19.1. The number of rotatable bonds is 5. The summed E-state index contributed by atoms with van der Waals surface area (Å²) in [5.41, 5.74) is 1.73. The van der Waals surface area contributed by atoms with Gasteiger partial charge in [0.05, 0.1) is 0 Å². The summed E-state index contributed by atoms with van der Waals surface area (Å²) in [6.45, 7) is 4.59. The van der Waals surface area contributed by atoms with Crippen LogP contribution in [-0.4, -0.2) is 16.5 Å². The summed E-state index contributed by atoms with van der Waals surface area (Å²) in [6, 6.07) is 8.78. The molecule has 1 N–H and O–H groups in total. The summed E-state index contributed by atoms with van der Waals surface area (Å²) in [4.78, 5) is 8.64. The third kappa shape index (κ3) is 3.74. The molecule has 19 heavy (non-hydrogen) atoms. The number of benzene rings is 1. The maximum absolute atomic E-state index is 13.4. The standard InChI is InChI=1S/C15H18FN3/c1-3-13-10-15(19-11(2)18-13)17-9-8-12-6-4-5-7-14(12)16/h4-7,10H,3,8-9H2,1-2H3,(H,17,18,19). The summed E-state index contributed by atoms with van der Waals surface area (Å²) in [5, 5.41) is 3.22. The largest absolute Gasteiger partial charge is 0.370 e. The number of hydrogen-bond donors (Lipinski definition) is 1. The molecule has 2 rings (SSSR count). The summed E-state index contributed by atoms with van der Waals surface area (Å²) in [5.74, 6) is 1.41. The van der Waals surface area contributed by atoms with Crippen LogP contribution in [-0.2, 0) is 12.8 Å². The van der Waals surface area contributed by atoms with E-state index < -0.39 is 0 Å². The van der Waals surface area contributed by atoms with Crippen LogP contribution in [0, 0.1) is 12.7 Å². The highest BCUT2D eigenvalue weighted by Gasteiger charge is 2.02. The van der Waals surface area contributed by atoms with Crippen LogP contribution < -0.4 is 5.32 Å². The topological polar surface area (TPSA) is 37.8 Å². The van der Waals surface area contributed by atoms with E-state index in [0.29, 0.717) is 13.0 Å². The van der Waals surface area contributed by atoms with Crippen LogP contribution in [0.3, 0.4) is 0 Å². The first-order valence-corrected chi connectivity index (χ1v) is 6.51. The maximum Gasteiger partial charge on any atom is 0.129 e. The lowest BCUT2D eigenvalue weighted by Crippen LogP contribution is -2.09. The molecule has 0 spiro atoms. The molecule has 100 valence electrons. The molecule has 0 saturated heterocycles. The Labute approximate surface area is 112 Å². The average molecular weight is 259 g/mol. The zero-order valence-corrected chi connectivity index (χ0v) is 11.3. The maximum atomic E-state index is 13.4. The second-order valence-electron chi connectivity index (χ2n) is 4.41. The van der Waals surface area contributed by atoms with Gasteiger partial charge in [0.1, 0.15) is 17.5 Å². The molecule has 1 heterocycles. The minimum atomic E-state index is -0.155. The van der Waals surface area contributed by atoms with Crippen LogP contribution in [0.25, 0.3) is 0 Å². The van der Waals surface area contributed by atoms with Gasteiger partial charge >= 0.3 is 0 Å². The van der Waals surface area contributed by atoms with E-state index >= 15 is 0 Å². The molecule has 0 aliphatic heterocycles. The number of nitrogens with one attached hydrogen (secondary N) is 1. The molecule has 1 aromatic heterocycles. The highest BCUT2D eigenvalue weighted by molar-refractivity contribution is 5.36. The molecule has 0 amide bonds. The van der Waals surface area contributed by atoms with Crippen molar-refractivity contribution in [2.24, 2.45) is 0 Å². The van der Waals surface area contributed by atoms with Gasteiger partial charge < -0.3 is 5.32 Å². The molecule has 3 nitrogen and oxygen atoms in total. The van der Waals surface area contributed by atoms with Crippen molar-refractivity contribution in [3.8, 4) is 0 Å². The third-order valence-electron chi connectivity index (χ3n) is 2.91. The molecule has 4 heteroatoms. The van der Waals surface area contributed by atoms with Gasteiger partial charge in [-0.3, -0.25) is 0 Å². The van der Waals surface area contributed by atoms with Crippen molar-refractivity contribution in [2.45, 2.75) is 26.7 Å². The Morgan fingerprint density at radius 3 is 2.74 bits per heavy atom. The zero-order chi connectivity index (χ0) is 13.7. The predicted octanol–water partition coefficient (Wildman–Crippen LogP) is 3.14. The van der Waals surface area contributed by atoms with Gasteiger partial charge in [-0.1, -0.05) is 25.1 Å². The van der Waals surface area contributed by atoms with Gasteiger partial charge in [-0.15, -0.1) is 0 Å². The number of halogens is 1. The zero-order valence-electron chi connectivity index (χ0n) is 11.3. The van der Waals surface area contributed by atoms with Crippen molar-refractivity contribution in [2.75, 3.05) is 11.9 Å². The Morgan fingerprint density at radius 2 is 2.00 bits per heavy atom. The average Bonchev–Trinajstić information content (AvgIpc) is 2.40. The van der Waals surface area contributed by atoms with E-state index in [1.807, 2.05) is 19.1 Å². The molecule has 0 saturated carbocycles. The van der Waals surface area contributed by atoms with E-state index in [-0.39, 0.29) is 5.82 Å². The van der Waals surface area contributed by atoms with E-state index in [0.717, 1.165) is 29.3 Å². The van der Waals surface area contributed by atoms with Crippen LogP contribution in [0.2, 0.25) is 0 Å². The van der Waals surface area contributed by atoms with Crippen LogP contribution in [0.4, 0.5) is 10.2 Å². The summed E-state index contributed by atoms with van der Waals surface area (Å²) in [7, 11) is 0. The minimum absolute atomic E-state index is 0.155. The fourth-order valence-corrected chi connectivity index (χ4v) is 1.93. The number of anilines is 1. The van der Waals surface area contributed by atoms with Gasteiger partial charge in [-0.05, 0) is 31.4 Å². The Balaban J connectivity index is 1.96. The number of aryl methyl sites for hydroxylation is 2. The second kappa shape index (κ2) is 6.27. The van der Waals surface area contributed by atoms with Gasteiger partial charge in [0, 0.05) is 18.3 Å². The Kier molecular flexibility index (Phi) is 4.44. The van der Waals surface area contributed by atoms with Crippen molar-refractivity contribution in [1.82, 2.24) is 9.97 Å². The molecular formula is C15H18FN3. The van der Waals surface area contributed by atoms with Crippen LogP contribution >= 0.6 is 0 Å². The van der Waals surface area contributed by atoms with E-state index in [9.17, 15) is 4.39 Å². The molecule has 1 aromatic carbocycles. The quantitative estimate of drug-likeness (QED) is 0.896. The molecule has 0 atom stereocenters. The number of nitrogens with zero attached hydrogens (tertiary/aromatic N) is 2. The Bertz CT molecular complexity index is 555. The molecule has 0 radical (unpaired) electrons. The van der Waals surface area contributed by atoms with Crippen molar-refractivity contribution in [3.63, 3.8) is 0 Å². The second-order valence-corrected chi connectivity index (χ2v) is 4.41. The normalized spacial score (nSPS) is 10.5. The van der Waals surface area contributed by atoms with Crippen molar-refractivity contribution in [3.05, 3.63) is 53.2 Å². The molecule has 0 aliphatic rings. The van der Waals surface area contributed by atoms with E-state index in [1.165, 1.54) is 6.07 Å². The smallest absolute Gasteiger partial charge is 0.129 e. The van der Waals surface area contributed by atoms with Gasteiger partial charge in [0.15, 0.2) is 0 Å². The van der Waals surface area contributed by atoms with Gasteiger partial charge in [-0.2, -0.15) is 0 Å². The lowest BCUT2D eigenvalue weighted by Gasteiger charge is -2.08. The van der Waals surface area contributed by atoms with Crippen molar-refractivity contribution >= 4 is 5.82 Å². The first kappa shape index (κ1) is 13.5. The number of aromatic nitrogens is 2. The minimum Gasteiger partial charge on any atom is -0.370 e. The van der Waals surface area contributed by atoms with Crippen LogP contribution in [0.1, 0.15) is 24.0 Å². The van der Waals surface area contributed by atoms with E-state index in [2.05, 4.69) is 22.2 Å². The van der Waals surface area contributed by atoms with Gasteiger partial charge in [0.2, 0.25) is 0 Å². The lowest BCUT2D eigenvalue weighted by atomic mass is 10.1. The highest BCUT2D eigenvalue weighted by Crippen LogP contribution is 2.09. The first-order chi connectivity index (χ1) is 9.19. The Morgan fingerprint density at radius 1 is 1.21 bits per heavy atom. The van der Waals surface area contributed by atoms with E-state index in [1.54, 1.807) is 12.1 Å². The first-order valence-electron chi connectivity index (χ1n) is 6.51. The SMILES string of the molecule is CCc1cc(NCCc2ccccc2F)nc(C)n1. The lowest BCUT2D eigenvalue weighted by molar-refractivity contribution is 0.610. The summed E-state index contributed by atoms with van der Waals surface area (Å²) >= 11 is 0. The molecular weight excluding hydrogens is 241 g/mol. The fourth-order valence-electron chi connectivity index (χ4n) is 1.93. The monoisotopic (exact) mass is 259 g/mol. The molecule has 0 bridgehead atoms. The summed E-state index contributed by atoms with van der Waals surface area (Å²) < 4.78 is 13.4. The van der Waals surface area contributed by atoms with Gasteiger partial charge in [-0.25, -0.2) is 14.4 Å². The third-order valence-corrected chi connectivity index (χ3v) is 2.91. The van der Waals surface area contributed by atoms with Crippen molar-refractivity contribution in [1.29, 1.82) is 0 Å². The molecule has 0 unspecified atom stereocenters. The predicted molar refractivity (Wildman–Crippen MR) is 74.7 cm³/mol. The Hall–Kier alpha value is -1.97. The molecule has 2 aromatic rings. The summed E-state index contributed by atoms with van der Waals surface area (Å²) in [6.07, 6.45) is 1.52. The van der Waals surface area contributed by atoms with Crippen LogP contribution in [0.15, 0.2) is 30.3 Å². The molecule has 0 aliphatic carbocycles. The molecule has 0 fully saturated rings. The van der Waals surface area contributed by atoms with Crippen LogP contribution in [0.5, 0.6) is 0 Å². The fraction of sp³-hybridized carbons (Fsp3) is 0.333. The van der Waals surface area contributed by atoms with Gasteiger partial charge in [0.25, 0.3) is 0 Å². The number of hydrogen-bond acceptors (Lipinski definition) is 3. The van der Waals surface area contributed by atoms with E-state index in [4.69, 9.17) is 0 Å².